The van der Waals surface area contributed by atoms with Crippen molar-refractivity contribution in [3.63, 3.8) is 0 Å². The molecule has 2 N–H and O–H groups in total. The van der Waals surface area contributed by atoms with Gasteiger partial charge in [0.2, 0.25) is 0 Å². The molecule has 0 saturated heterocycles. The summed E-state index contributed by atoms with van der Waals surface area (Å²) in [5.74, 6) is 0.756. The summed E-state index contributed by atoms with van der Waals surface area (Å²) in [4.78, 5) is 0. The van der Waals surface area contributed by atoms with Crippen molar-refractivity contribution < 1.29 is 0 Å². The van der Waals surface area contributed by atoms with Crippen LogP contribution in [-0.4, -0.2) is 6.54 Å². The third-order valence-electron chi connectivity index (χ3n) is 1.26. The lowest BCUT2D eigenvalue weighted by atomic mass is 10.1. The lowest BCUT2D eigenvalue weighted by Crippen LogP contribution is -1.99. The highest BCUT2D eigenvalue weighted by molar-refractivity contribution is 4.99. The molecule has 0 aliphatic heterocycles. The van der Waals surface area contributed by atoms with E-state index in [0.29, 0.717) is 6.54 Å². The van der Waals surface area contributed by atoms with E-state index in [0.717, 1.165) is 12.3 Å². The molecule has 0 rings (SSSR count). The van der Waals surface area contributed by atoms with Crippen molar-refractivity contribution in [2.45, 2.75) is 27.2 Å². The lowest BCUT2D eigenvalue weighted by Gasteiger charge is -1.99. The molecule has 0 atom stereocenters. The number of hydrogen-bond acceptors (Lipinski definition) is 1. The summed E-state index contributed by atoms with van der Waals surface area (Å²) in [7, 11) is 0. The minimum Gasteiger partial charge on any atom is -0.327 e. The molecule has 0 aromatic rings. The normalized spacial score (nSPS) is 12.8. The van der Waals surface area contributed by atoms with Crippen molar-refractivity contribution >= 4 is 0 Å². The van der Waals surface area contributed by atoms with Crippen LogP contribution < -0.4 is 5.73 Å². The molecule has 0 fully saturated rings. The highest BCUT2D eigenvalue weighted by atomic mass is 14.5. The minimum absolute atomic E-state index is 0.701. The summed E-state index contributed by atoms with van der Waals surface area (Å²) in [5.41, 5.74) is 6.69. The summed E-state index contributed by atoms with van der Waals surface area (Å²) in [6.07, 6.45) is 3.37. The smallest absolute Gasteiger partial charge is 0.0134 e. The summed E-state index contributed by atoms with van der Waals surface area (Å²) < 4.78 is 0. The zero-order chi connectivity index (χ0) is 7.28. The maximum Gasteiger partial charge on any atom is 0.0134 e. The van der Waals surface area contributed by atoms with Crippen molar-refractivity contribution in [1.29, 1.82) is 0 Å². The quantitative estimate of drug-likeness (QED) is 0.576. The monoisotopic (exact) mass is 127 g/mol. The maximum absolute atomic E-state index is 5.39. The molecule has 0 heterocycles. The van der Waals surface area contributed by atoms with Gasteiger partial charge in [-0.25, -0.2) is 0 Å². The minimum atomic E-state index is 0.701. The first-order valence-electron chi connectivity index (χ1n) is 3.52. The zero-order valence-corrected chi connectivity index (χ0v) is 6.65. The molecule has 0 aromatic carbocycles. The Bertz CT molecular complexity index is 92.7. The van der Waals surface area contributed by atoms with Crippen LogP contribution >= 0.6 is 0 Å². The summed E-state index contributed by atoms with van der Waals surface area (Å²) in [5, 5.41) is 0. The van der Waals surface area contributed by atoms with E-state index in [1.54, 1.807) is 0 Å². The van der Waals surface area contributed by atoms with E-state index in [4.69, 9.17) is 5.73 Å². The second-order valence-electron chi connectivity index (χ2n) is 2.88. The number of rotatable bonds is 3. The van der Waals surface area contributed by atoms with Crippen molar-refractivity contribution in [3.8, 4) is 0 Å². The molecule has 0 saturated carbocycles. The standard InChI is InChI=1S/C8H17N/c1-7(2)4-5-8(3)6-9/h5,7H,4,6,9H2,1-3H3. The molecule has 0 aliphatic carbocycles. The van der Waals surface area contributed by atoms with Gasteiger partial charge < -0.3 is 5.73 Å². The second kappa shape index (κ2) is 4.57. The Balaban J connectivity index is 3.43. The van der Waals surface area contributed by atoms with Gasteiger partial charge in [0.05, 0.1) is 0 Å². The molecular formula is C8H17N. The van der Waals surface area contributed by atoms with Gasteiger partial charge in [0.15, 0.2) is 0 Å². The molecule has 1 nitrogen and oxygen atoms in total. The van der Waals surface area contributed by atoms with Crippen LogP contribution in [0.2, 0.25) is 0 Å². The molecule has 0 aromatic heterocycles. The van der Waals surface area contributed by atoms with Gasteiger partial charge in [-0.15, -0.1) is 0 Å². The van der Waals surface area contributed by atoms with E-state index in [1.807, 2.05) is 0 Å². The molecule has 54 valence electrons. The third kappa shape index (κ3) is 5.57. The Hall–Kier alpha value is -0.300. The van der Waals surface area contributed by atoms with Gasteiger partial charge in [-0.2, -0.15) is 0 Å². The van der Waals surface area contributed by atoms with Gasteiger partial charge in [-0.3, -0.25) is 0 Å². The average Bonchev–Trinajstić information content (AvgIpc) is 1.83. The van der Waals surface area contributed by atoms with Gasteiger partial charge >= 0.3 is 0 Å². The molecule has 9 heavy (non-hydrogen) atoms. The Morgan fingerprint density at radius 3 is 2.44 bits per heavy atom. The predicted octanol–water partition coefficient (Wildman–Crippen LogP) is 1.94. The molecule has 0 radical (unpaired) electrons. The largest absolute Gasteiger partial charge is 0.327 e. The van der Waals surface area contributed by atoms with Gasteiger partial charge in [0.25, 0.3) is 0 Å². The fraction of sp³-hybridized carbons (Fsp3) is 0.750. The van der Waals surface area contributed by atoms with Crippen molar-refractivity contribution in [2.75, 3.05) is 6.54 Å². The molecule has 0 unspecified atom stereocenters. The van der Waals surface area contributed by atoms with Gasteiger partial charge in [0.1, 0.15) is 0 Å². The SMILES string of the molecule is CC(=CCC(C)C)CN. The summed E-state index contributed by atoms with van der Waals surface area (Å²) in [6, 6.07) is 0. The van der Waals surface area contributed by atoms with Crippen LogP contribution in [0.3, 0.4) is 0 Å². The first-order chi connectivity index (χ1) is 4.16. The summed E-state index contributed by atoms with van der Waals surface area (Å²) >= 11 is 0. The Morgan fingerprint density at radius 1 is 1.56 bits per heavy atom. The fourth-order valence-electron chi connectivity index (χ4n) is 0.520. The van der Waals surface area contributed by atoms with Crippen LogP contribution in [0.15, 0.2) is 11.6 Å². The first-order valence-corrected chi connectivity index (χ1v) is 3.52. The van der Waals surface area contributed by atoms with Crippen LogP contribution in [0.5, 0.6) is 0 Å². The Labute approximate surface area is 57.9 Å². The van der Waals surface area contributed by atoms with E-state index in [-0.39, 0.29) is 0 Å². The second-order valence-corrected chi connectivity index (χ2v) is 2.88. The third-order valence-corrected chi connectivity index (χ3v) is 1.26. The number of hydrogen-bond donors (Lipinski definition) is 1. The zero-order valence-electron chi connectivity index (χ0n) is 6.65. The topological polar surface area (TPSA) is 26.0 Å². The summed E-state index contributed by atoms with van der Waals surface area (Å²) in [6.45, 7) is 7.19. The molecule has 0 amide bonds. The van der Waals surface area contributed by atoms with Crippen molar-refractivity contribution in [3.05, 3.63) is 11.6 Å². The van der Waals surface area contributed by atoms with Crippen LogP contribution in [0.25, 0.3) is 0 Å². The lowest BCUT2D eigenvalue weighted by molar-refractivity contribution is 0.660. The van der Waals surface area contributed by atoms with E-state index >= 15 is 0 Å². The number of nitrogens with two attached hydrogens (primary N) is 1. The maximum atomic E-state index is 5.39. The molecule has 0 spiro atoms. The highest BCUT2D eigenvalue weighted by Gasteiger charge is 1.88. The van der Waals surface area contributed by atoms with Gasteiger partial charge in [-0.1, -0.05) is 25.5 Å². The molecule has 0 bridgehead atoms. The first kappa shape index (κ1) is 8.70. The van der Waals surface area contributed by atoms with Crippen LogP contribution in [0, 0.1) is 5.92 Å². The van der Waals surface area contributed by atoms with Gasteiger partial charge in [0, 0.05) is 6.54 Å². The fourth-order valence-corrected chi connectivity index (χ4v) is 0.520. The van der Waals surface area contributed by atoms with E-state index < -0.39 is 0 Å². The average molecular weight is 127 g/mol. The molecule has 1 heteroatoms. The van der Waals surface area contributed by atoms with Crippen LogP contribution in [-0.2, 0) is 0 Å². The van der Waals surface area contributed by atoms with Crippen LogP contribution in [0.1, 0.15) is 27.2 Å². The molecule has 0 aliphatic rings. The molecular weight excluding hydrogens is 110 g/mol. The Morgan fingerprint density at radius 2 is 2.11 bits per heavy atom. The number of allylic oxidation sites excluding steroid dienone is 1. The predicted molar refractivity (Wildman–Crippen MR) is 42.3 cm³/mol. The van der Waals surface area contributed by atoms with Crippen molar-refractivity contribution in [1.82, 2.24) is 0 Å². The van der Waals surface area contributed by atoms with Gasteiger partial charge in [-0.05, 0) is 19.3 Å². The van der Waals surface area contributed by atoms with E-state index in [1.165, 1.54) is 5.57 Å². The van der Waals surface area contributed by atoms with Crippen molar-refractivity contribution in [2.24, 2.45) is 11.7 Å². The Kier molecular flexibility index (Phi) is 4.41. The van der Waals surface area contributed by atoms with E-state index in [2.05, 4.69) is 26.8 Å². The van der Waals surface area contributed by atoms with E-state index in [9.17, 15) is 0 Å². The highest BCUT2D eigenvalue weighted by Crippen LogP contribution is 2.02. The van der Waals surface area contributed by atoms with Crippen LogP contribution in [0.4, 0.5) is 0 Å².